The third-order valence-corrected chi connectivity index (χ3v) is 5.15. The molecule has 0 aliphatic heterocycles. The molecule has 0 aromatic heterocycles. The molecule has 0 saturated heterocycles. The maximum atomic E-state index is 14.1. The Labute approximate surface area is 195 Å². The highest BCUT2D eigenvalue weighted by Crippen LogP contribution is 2.29. The quantitative estimate of drug-likeness (QED) is 0.300. The van der Waals surface area contributed by atoms with Crippen LogP contribution in [0.15, 0.2) is 76.0 Å². The summed E-state index contributed by atoms with van der Waals surface area (Å²) in [4.78, 5) is 8.09. The van der Waals surface area contributed by atoms with Crippen LogP contribution >= 0.6 is 0 Å². The highest BCUT2D eigenvalue weighted by atomic mass is 19.1. The zero-order valence-electron chi connectivity index (χ0n) is 19.4. The maximum Gasteiger partial charge on any atom is 0.123 e. The summed E-state index contributed by atoms with van der Waals surface area (Å²) in [5.74, 6) is 0.0886. The van der Waals surface area contributed by atoms with Gasteiger partial charge in [0.1, 0.15) is 17.8 Å². The van der Waals surface area contributed by atoms with Gasteiger partial charge in [0.25, 0.3) is 0 Å². The van der Waals surface area contributed by atoms with Crippen molar-refractivity contribution >= 4 is 17.7 Å². The molecular weight excluding hydrogens is 421 g/mol. The molecule has 1 aromatic rings. The van der Waals surface area contributed by atoms with Crippen LogP contribution in [0.25, 0.3) is 0 Å². The number of aliphatic hydroxyl groups is 1. The second-order valence-electron chi connectivity index (χ2n) is 7.59. The highest BCUT2D eigenvalue weighted by molar-refractivity contribution is 5.93. The zero-order valence-corrected chi connectivity index (χ0v) is 19.4. The summed E-state index contributed by atoms with van der Waals surface area (Å²) in [6, 6.07) is 4.36. The second kappa shape index (κ2) is 13.3. The molecule has 2 rings (SSSR count). The molecule has 33 heavy (non-hydrogen) atoms. The zero-order chi connectivity index (χ0) is 24.2. The van der Waals surface area contributed by atoms with Gasteiger partial charge in [0, 0.05) is 54.8 Å². The summed E-state index contributed by atoms with van der Waals surface area (Å²) < 4.78 is 20.2. The first kappa shape index (κ1) is 26.0. The third kappa shape index (κ3) is 8.00. The van der Waals surface area contributed by atoms with E-state index in [-0.39, 0.29) is 17.6 Å². The smallest absolute Gasteiger partial charge is 0.123 e. The van der Waals surface area contributed by atoms with Crippen LogP contribution in [0.1, 0.15) is 31.9 Å². The summed E-state index contributed by atoms with van der Waals surface area (Å²) in [6.45, 7) is 4.78. The van der Waals surface area contributed by atoms with Crippen molar-refractivity contribution < 1.29 is 14.2 Å². The minimum Gasteiger partial charge on any atom is -0.404 e. The number of benzene rings is 1. The van der Waals surface area contributed by atoms with E-state index in [0.29, 0.717) is 35.7 Å². The van der Waals surface area contributed by atoms with Gasteiger partial charge in [-0.2, -0.15) is 0 Å². The number of hydrogen-bond donors (Lipinski definition) is 4. The number of nitrogens with one attached hydrogen (secondary N) is 1. The van der Waals surface area contributed by atoms with E-state index in [4.69, 9.17) is 16.2 Å². The number of nitrogens with two attached hydrogens (primary N) is 2. The van der Waals surface area contributed by atoms with Crippen molar-refractivity contribution in [3.63, 3.8) is 0 Å². The van der Waals surface area contributed by atoms with E-state index >= 15 is 0 Å². The molecule has 1 aliphatic rings. The Hall–Kier alpha value is -3.23. The normalized spacial score (nSPS) is 19.2. The Bertz CT molecular complexity index is 966. The van der Waals surface area contributed by atoms with Crippen molar-refractivity contribution in [2.75, 3.05) is 25.5 Å². The number of halogens is 1. The van der Waals surface area contributed by atoms with E-state index in [0.717, 1.165) is 6.42 Å². The van der Waals surface area contributed by atoms with E-state index in [1.807, 2.05) is 26.0 Å². The molecule has 2 unspecified atom stereocenters. The molecule has 8 heteroatoms. The van der Waals surface area contributed by atoms with E-state index in [1.54, 1.807) is 13.1 Å². The predicted octanol–water partition coefficient (Wildman–Crippen LogP) is 3.61. The Balaban J connectivity index is 2.32. The minimum absolute atomic E-state index is 0.199. The van der Waals surface area contributed by atoms with Crippen LogP contribution in [0.5, 0.6) is 0 Å². The van der Waals surface area contributed by atoms with E-state index in [9.17, 15) is 9.50 Å². The molecule has 1 aliphatic carbocycles. The first-order valence-corrected chi connectivity index (χ1v) is 10.9. The lowest BCUT2D eigenvalue weighted by Gasteiger charge is -2.23. The van der Waals surface area contributed by atoms with Gasteiger partial charge in [-0.05, 0) is 38.5 Å². The highest BCUT2D eigenvalue weighted by Gasteiger charge is 2.20. The SMILES string of the molecule is CCN=CC(=CN)C(O)/C(=C/C(N)=NC)Nc1ccc(F)cc1[C@@H](C)OCC1C=CC=CC1. The van der Waals surface area contributed by atoms with E-state index < -0.39 is 12.2 Å². The van der Waals surface area contributed by atoms with Gasteiger partial charge in [-0.1, -0.05) is 24.3 Å². The Morgan fingerprint density at radius 3 is 2.82 bits per heavy atom. The number of aliphatic imine (C=N–C) groups is 2. The maximum absolute atomic E-state index is 14.1. The van der Waals surface area contributed by atoms with Crippen LogP contribution in [0.4, 0.5) is 10.1 Å². The average Bonchev–Trinajstić information content (AvgIpc) is 2.83. The lowest BCUT2D eigenvalue weighted by Crippen LogP contribution is -2.24. The molecule has 0 amide bonds. The fourth-order valence-electron chi connectivity index (χ4n) is 3.24. The van der Waals surface area contributed by atoms with Gasteiger partial charge < -0.3 is 26.6 Å². The molecule has 7 nitrogen and oxygen atoms in total. The number of nitrogens with zero attached hydrogens (tertiary/aromatic N) is 2. The van der Waals surface area contributed by atoms with Crippen LogP contribution < -0.4 is 16.8 Å². The average molecular weight is 456 g/mol. The van der Waals surface area contributed by atoms with Gasteiger partial charge in [-0.15, -0.1) is 0 Å². The predicted molar refractivity (Wildman–Crippen MR) is 134 cm³/mol. The number of hydrogen-bond acceptors (Lipinski definition) is 6. The number of allylic oxidation sites excluding steroid dienone is 3. The third-order valence-electron chi connectivity index (χ3n) is 5.15. The van der Waals surface area contributed by atoms with E-state index in [2.05, 4.69) is 27.5 Å². The summed E-state index contributed by atoms with van der Waals surface area (Å²) in [5.41, 5.74) is 13.5. The molecule has 1 aromatic carbocycles. The molecule has 3 atom stereocenters. The Morgan fingerprint density at radius 2 is 2.18 bits per heavy atom. The van der Waals surface area contributed by atoms with Gasteiger partial charge in [0.15, 0.2) is 0 Å². The molecule has 0 spiro atoms. The lowest BCUT2D eigenvalue weighted by molar-refractivity contribution is 0.0495. The van der Waals surface area contributed by atoms with Crippen LogP contribution in [0.3, 0.4) is 0 Å². The lowest BCUT2D eigenvalue weighted by atomic mass is 10.0. The topological polar surface area (TPSA) is 118 Å². The molecule has 0 saturated carbocycles. The number of anilines is 1. The standard InChI is InChI=1S/C25H34FN5O2/c1-4-30-15-19(14-27)25(32)23(13-24(28)29-3)31-22-11-10-20(26)12-21(22)17(2)33-16-18-8-6-5-7-9-18/h5-8,10-15,17-18,25,31-32H,4,9,16,27H2,1-3H3,(H2,28,29)/b19-14?,23-13-,30-15?/t17-,18?,25?/m1/s1. The van der Waals surface area contributed by atoms with E-state index in [1.165, 1.54) is 30.6 Å². The van der Waals surface area contributed by atoms with Crippen LogP contribution in [0.2, 0.25) is 0 Å². The molecule has 178 valence electrons. The largest absolute Gasteiger partial charge is 0.404 e. The van der Waals surface area contributed by atoms with Crippen molar-refractivity contribution in [1.29, 1.82) is 0 Å². The number of rotatable bonds is 11. The first-order valence-electron chi connectivity index (χ1n) is 10.9. The van der Waals surface area contributed by atoms with Gasteiger partial charge >= 0.3 is 0 Å². The molecule has 0 bridgehead atoms. The van der Waals surface area contributed by atoms with Gasteiger partial charge in [0.05, 0.1) is 18.4 Å². The Morgan fingerprint density at radius 1 is 1.39 bits per heavy atom. The monoisotopic (exact) mass is 455 g/mol. The van der Waals surface area contributed by atoms with Crippen molar-refractivity contribution in [3.8, 4) is 0 Å². The molecule has 0 heterocycles. The number of amidine groups is 1. The summed E-state index contributed by atoms with van der Waals surface area (Å²) in [5, 5.41) is 14.1. The Kier molecular flexibility index (Phi) is 10.5. The van der Waals surface area contributed by atoms with Crippen LogP contribution in [0, 0.1) is 11.7 Å². The molecule has 6 N–H and O–H groups in total. The fourth-order valence-corrected chi connectivity index (χ4v) is 3.24. The first-order chi connectivity index (χ1) is 15.9. The van der Waals surface area contributed by atoms with Gasteiger partial charge in [-0.3, -0.25) is 9.98 Å². The minimum atomic E-state index is -1.15. The van der Waals surface area contributed by atoms with Crippen LogP contribution in [-0.4, -0.2) is 43.5 Å². The van der Waals surface area contributed by atoms with Crippen molar-refractivity contribution in [2.24, 2.45) is 27.4 Å². The van der Waals surface area contributed by atoms with Gasteiger partial charge in [-0.25, -0.2) is 4.39 Å². The number of ether oxygens (including phenoxy) is 1. The molecular formula is C25H34FN5O2. The summed E-state index contributed by atoms with van der Waals surface area (Å²) >= 11 is 0. The second-order valence-corrected chi connectivity index (χ2v) is 7.59. The summed E-state index contributed by atoms with van der Waals surface area (Å²) in [7, 11) is 1.54. The fraction of sp³-hybridized carbons (Fsp3) is 0.360. The molecule has 0 radical (unpaired) electrons. The molecule has 0 fully saturated rings. The van der Waals surface area contributed by atoms with Gasteiger partial charge in [0.2, 0.25) is 0 Å². The van der Waals surface area contributed by atoms with Crippen LogP contribution in [-0.2, 0) is 4.74 Å². The van der Waals surface area contributed by atoms with Crippen molar-refractivity contribution in [3.05, 3.63) is 77.4 Å². The number of aliphatic hydroxyl groups excluding tert-OH is 1. The van der Waals surface area contributed by atoms with Crippen molar-refractivity contribution in [2.45, 2.75) is 32.5 Å². The summed E-state index contributed by atoms with van der Waals surface area (Å²) in [6.07, 6.45) is 11.8. The van der Waals surface area contributed by atoms with Crippen molar-refractivity contribution in [1.82, 2.24) is 0 Å².